The Kier molecular flexibility index (Phi) is 5.64. The van der Waals surface area contributed by atoms with Crippen LogP contribution in [-0.4, -0.2) is 30.2 Å². The van der Waals surface area contributed by atoms with Gasteiger partial charge in [0, 0.05) is 6.07 Å². The van der Waals surface area contributed by atoms with Gasteiger partial charge in [0.1, 0.15) is 17.1 Å². The molecule has 2 atom stereocenters. The Bertz CT molecular complexity index is 848. The van der Waals surface area contributed by atoms with Crippen LogP contribution in [0.25, 0.3) is 0 Å². The molecule has 2 aromatic carbocycles. The Morgan fingerprint density at radius 2 is 2.00 bits per heavy atom. The zero-order chi connectivity index (χ0) is 19.4. The number of methoxy groups -OCH3 is 1. The third kappa shape index (κ3) is 4.22. The second-order valence-electron chi connectivity index (χ2n) is 6.58. The normalized spacial score (nSPS) is 16.7. The summed E-state index contributed by atoms with van der Waals surface area (Å²) in [5.74, 6) is -0.959. The molecule has 1 aliphatic carbocycles. The minimum atomic E-state index is -0.979. The van der Waals surface area contributed by atoms with Gasteiger partial charge < -0.3 is 19.9 Å². The van der Waals surface area contributed by atoms with E-state index in [0.717, 1.165) is 24.8 Å². The molecule has 0 unspecified atom stereocenters. The number of amides is 1. The lowest BCUT2D eigenvalue weighted by molar-refractivity contribution is -0.130. The average Bonchev–Trinajstić information content (AvgIpc) is 2.67. The maximum atomic E-state index is 12.5. The smallest absolute Gasteiger partial charge is 0.342 e. The summed E-state index contributed by atoms with van der Waals surface area (Å²) in [5, 5.41) is 12.9. The van der Waals surface area contributed by atoms with Gasteiger partial charge in [0.25, 0.3) is 5.91 Å². The quantitative estimate of drug-likeness (QED) is 0.791. The fraction of sp³-hybridized carbons (Fsp3) is 0.333. The predicted molar refractivity (Wildman–Crippen MR) is 99.8 cm³/mol. The maximum absolute atomic E-state index is 12.5. The van der Waals surface area contributed by atoms with Gasteiger partial charge in [-0.25, -0.2) is 4.79 Å². The molecule has 0 heterocycles. The molecule has 2 aromatic rings. The Labute approximate surface area is 158 Å². The third-order valence-electron chi connectivity index (χ3n) is 4.76. The first-order valence-corrected chi connectivity index (χ1v) is 8.95. The number of aromatic hydroxyl groups is 1. The summed E-state index contributed by atoms with van der Waals surface area (Å²) in [7, 11) is 1.46. The fourth-order valence-electron chi connectivity index (χ4n) is 3.28. The summed E-state index contributed by atoms with van der Waals surface area (Å²) < 4.78 is 10.2. The summed E-state index contributed by atoms with van der Waals surface area (Å²) in [6, 6.07) is 12.2. The largest absolute Gasteiger partial charge is 0.507 e. The van der Waals surface area contributed by atoms with Crippen molar-refractivity contribution in [2.75, 3.05) is 7.11 Å². The number of hydrogen-bond donors (Lipinski definition) is 2. The topological polar surface area (TPSA) is 84.9 Å². The van der Waals surface area contributed by atoms with E-state index in [4.69, 9.17) is 9.47 Å². The molecule has 6 nitrogen and oxygen atoms in total. The van der Waals surface area contributed by atoms with Gasteiger partial charge in [-0.15, -0.1) is 0 Å². The predicted octanol–water partition coefficient (Wildman–Crippen LogP) is 3.14. The number of phenolic OH excluding ortho intramolecular Hbond substituents is 1. The SMILES string of the molecule is COc1ccc(C(=O)O[C@@H](C)C(=O)N[C@@H]2CCCc3ccccc32)c(O)c1. The van der Waals surface area contributed by atoms with E-state index in [0.29, 0.717) is 5.75 Å². The van der Waals surface area contributed by atoms with Gasteiger partial charge in [-0.1, -0.05) is 24.3 Å². The van der Waals surface area contributed by atoms with E-state index in [2.05, 4.69) is 11.4 Å². The number of hydrogen-bond acceptors (Lipinski definition) is 5. The van der Waals surface area contributed by atoms with E-state index in [9.17, 15) is 14.7 Å². The number of esters is 1. The van der Waals surface area contributed by atoms with Crippen LogP contribution in [0.4, 0.5) is 0 Å². The highest BCUT2D eigenvalue weighted by Crippen LogP contribution is 2.29. The molecule has 6 heteroatoms. The van der Waals surface area contributed by atoms with E-state index in [1.54, 1.807) is 6.07 Å². The van der Waals surface area contributed by atoms with Crippen LogP contribution in [-0.2, 0) is 16.0 Å². The van der Waals surface area contributed by atoms with Crippen LogP contribution >= 0.6 is 0 Å². The van der Waals surface area contributed by atoms with Crippen LogP contribution < -0.4 is 10.1 Å². The molecule has 0 fully saturated rings. The lowest BCUT2D eigenvalue weighted by atomic mass is 9.87. The lowest BCUT2D eigenvalue weighted by Crippen LogP contribution is -2.39. The molecular formula is C21H23NO5. The van der Waals surface area contributed by atoms with Gasteiger partial charge in [0.2, 0.25) is 0 Å². The number of nitrogens with one attached hydrogen (secondary N) is 1. The average molecular weight is 369 g/mol. The lowest BCUT2D eigenvalue weighted by Gasteiger charge is -2.27. The van der Waals surface area contributed by atoms with Crippen molar-refractivity contribution in [1.82, 2.24) is 5.32 Å². The van der Waals surface area contributed by atoms with Crippen LogP contribution in [0.3, 0.4) is 0 Å². The third-order valence-corrected chi connectivity index (χ3v) is 4.76. The van der Waals surface area contributed by atoms with Crippen molar-refractivity contribution in [3.05, 3.63) is 59.2 Å². The number of fused-ring (bicyclic) bond motifs is 1. The molecule has 0 radical (unpaired) electrons. The highest BCUT2D eigenvalue weighted by molar-refractivity contribution is 5.94. The molecule has 0 aromatic heterocycles. The molecular weight excluding hydrogens is 346 g/mol. The minimum Gasteiger partial charge on any atom is -0.507 e. The Morgan fingerprint density at radius 1 is 1.22 bits per heavy atom. The first-order chi connectivity index (χ1) is 13.0. The summed E-state index contributed by atoms with van der Waals surface area (Å²) in [5.41, 5.74) is 2.34. The van der Waals surface area contributed by atoms with E-state index < -0.39 is 12.1 Å². The van der Waals surface area contributed by atoms with Crippen molar-refractivity contribution < 1.29 is 24.2 Å². The van der Waals surface area contributed by atoms with Crippen LogP contribution in [0.1, 0.15) is 47.3 Å². The number of carbonyl (C=O) groups excluding carboxylic acids is 2. The second kappa shape index (κ2) is 8.12. The Balaban J connectivity index is 1.64. The highest BCUT2D eigenvalue weighted by Gasteiger charge is 2.26. The minimum absolute atomic E-state index is 0.0153. The van der Waals surface area contributed by atoms with Crippen LogP contribution in [0, 0.1) is 0 Å². The van der Waals surface area contributed by atoms with Crippen molar-refractivity contribution >= 4 is 11.9 Å². The van der Waals surface area contributed by atoms with E-state index in [1.807, 2.05) is 18.2 Å². The van der Waals surface area contributed by atoms with Crippen LogP contribution in [0.2, 0.25) is 0 Å². The zero-order valence-electron chi connectivity index (χ0n) is 15.4. The monoisotopic (exact) mass is 369 g/mol. The van der Waals surface area contributed by atoms with E-state index in [1.165, 1.54) is 31.7 Å². The fourth-order valence-corrected chi connectivity index (χ4v) is 3.28. The van der Waals surface area contributed by atoms with Gasteiger partial charge in [0.05, 0.1) is 13.2 Å². The molecule has 1 aliphatic rings. The molecule has 2 N–H and O–H groups in total. The first kappa shape index (κ1) is 18.8. The Hall–Kier alpha value is -3.02. The van der Waals surface area contributed by atoms with Crippen LogP contribution in [0.15, 0.2) is 42.5 Å². The maximum Gasteiger partial charge on any atom is 0.342 e. The highest BCUT2D eigenvalue weighted by atomic mass is 16.5. The van der Waals surface area contributed by atoms with Crippen molar-refractivity contribution in [3.63, 3.8) is 0 Å². The van der Waals surface area contributed by atoms with Crippen molar-refractivity contribution in [2.45, 2.75) is 38.3 Å². The van der Waals surface area contributed by atoms with Gasteiger partial charge in [-0.05, 0) is 49.4 Å². The zero-order valence-corrected chi connectivity index (χ0v) is 15.4. The molecule has 142 valence electrons. The standard InChI is InChI=1S/C21H23NO5/c1-13(27-21(25)17-11-10-15(26-2)12-19(17)23)20(24)22-18-9-5-7-14-6-3-4-8-16(14)18/h3-4,6,8,10-13,18,23H,5,7,9H2,1-2H3,(H,22,24)/t13-,18+/m0/s1. The molecule has 27 heavy (non-hydrogen) atoms. The van der Waals surface area contributed by atoms with Gasteiger partial charge >= 0.3 is 5.97 Å². The number of benzene rings is 2. The number of carbonyl (C=O) groups is 2. The van der Waals surface area contributed by atoms with Crippen molar-refractivity contribution in [2.24, 2.45) is 0 Å². The summed E-state index contributed by atoms with van der Waals surface area (Å²) in [6.07, 6.45) is 1.87. The number of phenols is 1. The van der Waals surface area contributed by atoms with E-state index >= 15 is 0 Å². The molecule has 0 saturated carbocycles. The molecule has 0 aliphatic heterocycles. The summed E-state index contributed by atoms with van der Waals surface area (Å²) in [4.78, 5) is 24.8. The molecule has 0 saturated heterocycles. The molecule has 1 amide bonds. The van der Waals surface area contributed by atoms with Crippen LogP contribution in [0.5, 0.6) is 11.5 Å². The molecule has 0 bridgehead atoms. The van der Waals surface area contributed by atoms with Gasteiger partial charge in [-0.2, -0.15) is 0 Å². The Morgan fingerprint density at radius 3 is 2.74 bits per heavy atom. The summed E-state index contributed by atoms with van der Waals surface area (Å²) in [6.45, 7) is 1.52. The first-order valence-electron chi connectivity index (χ1n) is 8.95. The van der Waals surface area contributed by atoms with E-state index in [-0.39, 0.29) is 23.3 Å². The van der Waals surface area contributed by atoms with Crippen molar-refractivity contribution in [3.8, 4) is 11.5 Å². The molecule has 0 spiro atoms. The number of rotatable bonds is 5. The number of aryl methyl sites for hydroxylation is 1. The van der Waals surface area contributed by atoms with Crippen molar-refractivity contribution in [1.29, 1.82) is 0 Å². The molecule has 3 rings (SSSR count). The number of ether oxygens (including phenoxy) is 2. The second-order valence-corrected chi connectivity index (χ2v) is 6.58. The van der Waals surface area contributed by atoms with Gasteiger partial charge in [0.15, 0.2) is 6.10 Å². The van der Waals surface area contributed by atoms with Gasteiger partial charge in [-0.3, -0.25) is 4.79 Å². The summed E-state index contributed by atoms with van der Waals surface area (Å²) >= 11 is 0.